The Kier molecular flexibility index (Phi) is 5.67. The van der Waals surface area contributed by atoms with Crippen molar-refractivity contribution in [3.63, 3.8) is 0 Å². The highest BCUT2D eigenvalue weighted by Gasteiger charge is 2.12. The van der Waals surface area contributed by atoms with Crippen LogP contribution < -0.4 is 4.74 Å². The van der Waals surface area contributed by atoms with Crippen molar-refractivity contribution in [1.29, 1.82) is 0 Å². The fraction of sp³-hybridized carbons (Fsp3) is 0.130. The molecule has 4 heteroatoms. The van der Waals surface area contributed by atoms with Gasteiger partial charge in [-0.25, -0.2) is 4.79 Å². The van der Waals surface area contributed by atoms with Gasteiger partial charge in [0, 0.05) is 6.21 Å². The van der Waals surface area contributed by atoms with Crippen LogP contribution in [0.15, 0.2) is 71.7 Å². The Morgan fingerprint density at radius 2 is 1.78 bits per heavy atom. The van der Waals surface area contributed by atoms with E-state index in [4.69, 9.17) is 4.74 Å². The summed E-state index contributed by atoms with van der Waals surface area (Å²) in [6.07, 6.45) is 1.66. The molecule has 0 atom stereocenters. The maximum atomic E-state index is 11.6. The Morgan fingerprint density at radius 3 is 2.48 bits per heavy atom. The Bertz CT molecular complexity index is 978. The molecule has 3 rings (SSSR count). The molecule has 0 heterocycles. The molecule has 0 aromatic heterocycles. The Hall–Kier alpha value is -3.40. The smallest absolute Gasteiger partial charge is 0.339 e. The van der Waals surface area contributed by atoms with E-state index in [-0.39, 0.29) is 5.56 Å². The molecule has 3 aromatic rings. The third-order valence-corrected chi connectivity index (χ3v) is 4.32. The molecule has 3 aromatic carbocycles. The Morgan fingerprint density at radius 1 is 1.00 bits per heavy atom. The summed E-state index contributed by atoms with van der Waals surface area (Å²) in [5, 5.41) is 9.51. The zero-order valence-electron chi connectivity index (χ0n) is 15.3. The van der Waals surface area contributed by atoms with Gasteiger partial charge in [0.05, 0.1) is 5.69 Å². The molecule has 0 bridgehead atoms. The number of aliphatic imine (C=N–C) groups is 1. The van der Waals surface area contributed by atoms with Crippen LogP contribution in [0.1, 0.15) is 32.6 Å². The van der Waals surface area contributed by atoms with Crippen LogP contribution in [0.3, 0.4) is 0 Å². The summed E-state index contributed by atoms with van der Waals surface area (Å²) < 4.78 is 5.71. The lowest BCUT2D eigenvalue weighted by Gasteiger charge is -2.10. The number of hydrogen-bond acceptors (Lipinski definition) is 3. The van der Waals surface area contributed by atoms with E-state index in [1.165, 1.54) is 11.1 Å². The molecular formula is C23H21NO3. The van der Waals surface area contributed by atoms with Gasteiger partial charge in [-0.1, -0.05) is 36.4 Å². The summed E-state index contributed by atoms with van der Waals surface area (Å²) >= 11 is 0. The second-order valence-electron chi connectivity index (χ2n) is 6.36. The number of carboxylic acids is 1. The van der Waals surface area contributed by atoms with E-state index in [0.717, 1.165) is 11.3 Å². The van der Waals surface area contributed by atoms with Gasteiger partial charge in [0.1, 0.15) is 17.9 Å². The van der Waals surface area contributed by atoms with Gasteiger partial charge in [-0.2, -0.15) is 0 Å². The van der Waals surface area contributed by atoms with E-state index in [1.807, 2.05) is 55.5 Å². The zero-order valence-corrected chi connectivity index (χ0v) is 15.3. The summed E-state index contributed by atoms with van der Waals surface area (Å²) in [4.78, 5) is 16.1. The van der Waals surface area contributed by atoms with Crippen molar-refractivity contribution in [3.8, 4) is 5.75 Å². The van der Waals surface area contributed by atoms with Crippen LogP contribution in [0.25, 0.3) is 0 Å². The second-order valence-corrected chi connectivity index (χ2v) is 6.36. The van der Waals surface area contributed by atoms with Crippen molar-refractivity contribution in [2.24, 2.45) is 4.99 Å². The summed E-state index contributed by atoms with van der Waals surface area (Å²) in [6, 6.07) is 20.7. The van der Waals surface area contributed by atoms with Crippen molar-refractivity contribution < 1.29 is 14.6 Å². The first-order valence-electron chi connectivity index (χ1n) is 8.68. The molecule has 0 spiro atoms. The van der Waals surface area contributed by atoms with Gasteiger partial charge in [0.15, 0.2) is 0 Å². The molecule has 0 saturated carbocycles. The van der Waals surface area contributed by atoms with E-state index in [9.17, 15) is 9.90 Å². The molecule has 1 N–H and O–H groups in total. The lowest BCUT2D eigenvalue weighted by Crippen LogP contribution is -2.04. The highest BCUT2D eigenvalue weighted by molar-refractivity contribution is 5.94. The van der Waals surface area contributed by atoms with Crippen LogP contribution in [0.2, 0.25) is 0 Å². The molecular weight excluding hydrogens is 338 g/mol. The van der Waals surface area contributed by atoms with E-state index < -0.39 is 5.97 Å². The summed E-state index contributed by atoms with van der Waals surface area (Å²) in [7, 11) is 0. The number of nitrogens with zero attached hydrogens (tertiary/aromatic N) is 1. The first kappa shape index (κ1) is 18.4. The van der Waals surface area contributed by atoms with Crippen molar-refractivity contribution in [3.05, 3.63) is 94.5 Å². The monoisotopic (exact) mass is 359 g/mol. The van der Waals surface area contributed by atoms with Gasteiger partial charge in [0.25, 0.3) is 0 Å². The first-order chi connectivity index (χ1) is 13.0. The molecule has 0 aliphatic heterocycles. The van der Waals surface area contributed by atoms with Gasteiger partial charge in [0.2, 0.25) is 0 Å². The Balaban J connectivity index is 1.79. The predicted molar refractivity (Wildman–Crippen MR) is 107 cm³/mol. The summed E-state index contributed by atoms with van der Waals surface area (Å²) in [6.45, 7) is 4.41. The number of aromatic carboxylic acids is 1. The Labute approximate surface area is 158 Å². The van der Waals surface area contributed by atoms with Gasteiger partial charge >= 0.3 is 5.97 Å². The van der Waals surface area contributed by atoms with E-state index >= 15 is 0 Å². The van der Waals surface area contributed by atoms with Gasteiger partial charge < -0.3 is 9.84 Å². The molecule has 0 aliphatic rings. The summed E-state index contributed by atoms with van der Waals surface area (Å²) in [5.74, 6) is -0.686. The molecule has 0 amide bonds. The van der Waals surface area contributed by atoms with Crippen LogP contribution in [-0.2, 0) is 6.61 Å². The molecule has 27 heavy (non-hydrogen) atoms. The number of ether oxygens (including phenoxy) is 1. The number of aryl methyl sites for hydroxylation is 2. The van der Waals surface area contributed by atoms with Crippen LogP contribution in [0.4, 0.5) is 5.69 Å². The van der Waals surface area contributed by atoms with Crippen molar-refractivity contribution in [1.82, 2.24) is 0 Å². The SMILES string of the molecule is Cc1ccc(N=Cc2ccc(OCc3ccccc3)c(C(=O)O)c2)cc1C. The maximum absolute atomic E-state index is 11.6. The topological polar surface area (TPSA) is 58.9 Å². The second kappa shape index (κ2) is 8.32. The third-order valence-electron chi connectivity index (χ3n) is 4.32. The number of carbonyl (C=O) groups is 1. The van der Waals surface area contributed by atoms with Crippen molar-refractivity contribution in [2.45, 2.75) is 20.5 Å². The predicted octanol–water partition coefficient (Wildman–Crippen LogP) is 5.33. The van der Waals surface area contributed by atoms with Gasteiger partial charge in [-0.15, -0.1) is 0 Å². The number of rotatable bonds is 6. The van der Waals surface area contributed by atoms with E-state index in [0.29, 0.717) is 17.9 Å². The van der Waals surface area contributed by atoms with E-state index in [1.54, 1.807) is 24.4 Å². The maximum Gasteiger partial charge on any atom is 0.339 e. The van der Waals surface area contributed by atoms with Crippen LogP contribution >= 0.6 is 0 Å². The molecule has 4 nitrogen and oxygen atoms in total. The fourth-order valence-corrected chi connectivity index (χ4v) is 2.61. The molecule has 0 aliphatic carbocycles. The number of carboxylic acid groups (broad SMARTS) is 1. The minimum atomic E-state index is -1.03. The lowest BCUT2D eigenvalue weighted by atomic mass is 10.1. The fourth-order valence-electron chi connectivity index (χ4n) is 2.61. The highest BCUT2D eigenvalue weighted by Crippen LogP contribution is 2.22. The molecule has 0 unspecified atom stereocenters. The van der Waals surface area contributed by atoms with Gasteiger partial charge in [-0.3, -0.25) is 4.99 Å². The minimum Gasteiger partial charge on any atom is -0.488 e. The van der Waals surface area contributed by atoms with Crippen LogP contribution in [-0.4, -0.2) is 17.3 Å². The average molecular weight is 359 g/mol. The third kappa shape index (κ3) is 4.82. The van der Waals surface area contributed by atoms with Crippen LogP contribution in [0, 0.1) is 13.8 Å². The van der Waals surface area contributed by atoms with E-state index in [2.05, 4.69) is 11.9 Å². The average Bonchev–Trinajstić information content (AvgIpc) is 2.68. The quantitative estimate of drug-likeness (QED) is 0.605. The molecule has 0 fully saturated rings. The van der Waals surface area contributed by atoms with Gasteiger partial charge in [-0.05, 0) is 66.4 Å². The standard InChI is InChI=1S/C23H21NO3/c1-16-8-10-20(12-17(16)2)24-14-19-9-11-22(21(13-19)23(25)26)27-15-18-6-4-3-5-7-18/h3-14H,15H2,1-2H3,(H,25,26). The molecule has 136 valence electrons. The number of benzene rings is 3. The minimum absolute atomic E-state index is 0.120. The first-order valence-corrected chi connectivity index (χ1v) is 8.68. The van der Waals surface area contributed by atoms with Crippen LogP contribution in [0.5, 0.6) is 5.75 Å². The number of hydrogen-bond donors (Lipinski definition) is 1. The lowest BCUT2D eigenvalue weighted by molar-refractivity contribution is 0.0691. The van der Waals surface area contributed by atoms with Crippen molar-refractivity contribution in [2.75, 3.05) is 0 Å². The van der Waals surface area contributed by atoms with Crippen molar-refractivity contribution >= 4 is 17.9 Å². The largest absolute Gasteiger partial charge is 0.488 e. The zero-order chi connectivity index (χ0) is 19.2. The highest BCUT2D eigenvalue weighted by atomic mass is 16.5. The molecule has 0 saturated heterocycles. The molecule has 0 radical (unpaired) electrons. The summed E-state index contributed by atoms with van der Waals surface area (Å²) in [5.41, 5.74) is 5.02. The normalized spacial score (nSPS) is 10.9.